The monoisotopic (exact) mass is 330 g/mol. The molecule has 0 saturated heterocycles. The fraction of sp³-hybridized carbons (Fsp3) is 0.238. The zero-order chi connectivity index (χ0) is 17.8. The third-order valence-electron chi connectivity index (χ3n) is 4.48. The average Bonchev–Trinajstić information content (AvgIpc) is 2.99. The number of aryl methyl sites for hydroxylation is 1. The van der Waals surface area contributed by atoms with Gasteiger partial charge in [-0.15, -0.1) is 0 Å². The van der Waals surface area contributed by atoms with Gasteiger partial charge >= 0.3 is 0 Å². The SMILES string of the molecule is CCN(CC)c1ccc(/C=C(/C#N)c2nc3ccccc3n2C)cc1. The predicted molar refractivity (Wildman–Crippen MR) is 104 cm³/mol. The van der Waals surface area contributed by atoms with Crippen LogP contribution in [0.15, 0.2) is 48.5 Å². The molecule has 0 atom stereocenters. The lowest BCUT2D eigenvalue weighted by molar-refractivity contribution is 0.866. The molecule has 0 saturated carbocycles. The molecule has 0 aliphatic carbocycles. The van der Waals surface area contributed by atoms with Gasteiger partial charge in [-0.3, -0.25) is 0 Å². The Morgan fingerprint density at radius 3 is 2.40 bits per heavy atom. The van der Waals surface area contributed by atoms with E-state index >= 15 is 0 Å². The summed E-state index contributed by atoms with van der Waals surface area (Å²) in [5.41, 5.74) is 4.69. The van der Waals surface area contributed by atoms with E-state index in [2.05, 4.69) is 41.9 Å². The van der Waals surface area contributed by atoms with Crippen molar-refractivity contribution < 1.29 is 0 Å². The van der Waals surface area contributed by atoms with Gasteiger partial charge in [-0.1, -0.05) is 24.3 Å². The summed E-state index contributed by atoms with van der Waals surface area (Å²) in [7, 11) is 1.94. The van der Waals surface area contributed by atoms with Crippen molar-refractivity contribution in [3.05, 3.63) is 59.9 Å². The zero-order valence-electron chi connectivity index (χ0n) is 14.9. The number of para-hydroxylation sites is 2. The second-order valence-corrected chi connectivity index (χ2v) is 5.92. The zero-order valence-corrected chi connectivity index (χ0v) is 14.9. The molecule has 0 spiro atoms. The van der Waals surface area contributed by atoms with Crippen LogP contribution in [0.3, 0.4) is 0 Å². The normalized spacial score (nSPS) is 11.5. The van der Waals surface area contributed by atoms with Crippen LogP contribution in [0.2, 0.25) is 0 Å². The first-order valence-corrected chi connectivity index (χ1v) is 8.56. The van der Waals surface area contributed by atoms with E-state index in [0.717, 1.165) is 29.7 Å². The van der Waals surface area contributed by atoms with E-state index in [9.17, 15) is 5.26 Å². The molecule has 1 heterocycles. The molecular weight excluding hydrogens is 308 g/mol. The maximum Gasteiger partial charge on any atom is 0.151 e. The molecule has 0 radical (unpaired) electrons. The standard InChI is InChI=1S/C21H22N4/c1-4-25(5-2)18-12-10-16(11-13-18)14-17(15-22)21-23-19-8-6-7-9-20(19)24(21)3/h6-14H,4-5H2,1-3H3/b17-14-. The second kappa shape index (κ2) is 7.23. The van der Waals surface area contributed by atoms with Crippen LogP contribution in [0.4, 0.5) is 5.69 Å². The molecule has 0 amide bonds. The second-order valence-electron chi connectivity index (χ2n) is 5.92. The van der Waals surface area contributed by atoms with Gasteiger partial charge in [-0.2, -0.15) is 5.26 Å². The molecule has 4 nitrogen and oxygen atoms in total. The van der Waals surface area contributed by atoms with Gasteiger partial charge in [0.25, 0.3) is 0 Å². The van der Waals surface area contributed by atoms with Gasteiger partial charge in [0.2, 0.25) is 0 Å². The van der Waals surface area contributed by atoms with Crippen LogP contribution in [-0.4, -0.2) is 22.6 Å². The first kappa shape index (κ1) is 16.8. The topological polar surface area (TPSA) is 44.9 Å². The van der Waals surface area contributed by atoms with Crippen LogP contribution in [0, 0.1) is 11.3 Å². The number of nitrogens with zero attached hydrogens (tertiary/aromatic N) is 4. The molecule has 0 N–H and O–H groups in total. The average molecular weight is 330 g/mol. The summed E-state index contributed by atoms with van der Waals surface area (Å²) in [5, 5.41) is 9.63. The first-order chi connectivity index (χ1) is 12.2. The van der Waals surface area contributed by atoms with Gasteiger partial charge < -0.3 is 9.47 Å². The highest BCUT2D eigenvalue weighted by molar-refractivity contribution is 5.90. The van der Waals surface area contributed by atoms with Gasteiger partial charge in [-0.05, 0) is 49.8 Å². The Kier molecular flexibility index (Phi) is 4.85. The molecule has 0 aliphatic rings. The Labute approximate surface area is 148 Å². The quantitative estimate of drug-likeness (QED) is 0.648. The molecule has 0 unspecified atom stereocenters. The summed E-state index contributed by atoms with van der Waals surface area (Å²) in [6.07, 6.45) is 1.90. The van der Waals surface area contributed by atoms with E-state index in [4.69, 9.17) is 0 Å². The van der Waals surface area contributed by atoms with E-state index in [0.29, 0.717) is 11.4 Å². The van der Waals surface area contributed by atoms with Crippen LogP contribution in [-0.2, 0) is 7.05 Å². The van der Waals surface area contributed by atoms with Crippen LogP contribution in [0.5, 0.6) is 0 Å². The lowest BCUT2D eigenvalue weighted by Gasteiger charge is -2.20. The number of benzene rings is 2. The van der Waals surface area contributed by atoms with Crippen molar-refractivity contribution in [1.29, 1.82) is 5.26 Å². The molecule has 3 aromatic rings. The first-order valence-electron chi connectivity index (χ1n) is 8.56. The third-order valence-corrected chi connectivity index (χ3v) is 4.48. The van der Waals surface area contributed by atoms with E-state index in [1.165, 1.54) is 5.69 Å². The number of hydrogen-bond acceptors (Lipinski definition) is 3. The molecule has 126 valence electrons. The van der Waals surface area contributed by atoms with Crippen molar-refractivity contribution in [2.75, 3.05) is 18.0 Å². The van der Waals surface area contributed by atoms with Crippen LogP contribution >= 0.6 is 0 Å². The maximum absolute atomic E-state index is 9.63. The Hall–Kier alpha value is -3.06. The number of fused-ring (bicyclic) bond motifs is 1. The summed E-state index contributed by atoms with van der Waals surface area (Å²) in [6, 6.07) is 18.5. The highest BCUT2D eigenvalue weighted by Gasteiger charge is 2.11. The third kappa shape index (κ3) is 3.27. The largest absolute Gasteiger partial charge is 0.372 e. The molecule has 0 bridgehead atoms. The van der Waals surface area contributed by atoms with E-state index in [1.54, 1.807) is 0 Å². The fourth-order valence-electron chi connectivity index (χ4n) is 3.07. The summed E-state index contributed by atoms with van der Waals surface area (Å²) >= 11 is 0. The highest BCUT2D eigenvalue weighted by atomic mass is 15.1. The molecule has 0 fully saturated rings. The molecule has 0 aliphatic heterocycles. The van der Waals surface area contributed by atoms with Gasteiger partial charge in [-0.25, -0.2) is 4.98 Å². The summed E-state index contributed by atoms with van der Waals surface area (Å²) in [5.74, 6) is 0.691. The van der Waals surface area contributed by atoms with Crippen LogP contribution in [0.1, 0.15) is 25.2 Å². The van der Waals surface area contributed by atoms with Crippen molar-refractivity contribution in [2.45, 2.75) is 13.8 Å². The minimum absolute atomic E-state index is 0.564. The lowest BCUT2D eigenvalue weighted by atomic mass is 10.1. The van der Waals surface area contributed by atoms with Crippen molar-refractivity contribution in [2.24, 2.45) is 7.05 Å². The Bertz CT molecular complexity index is 938. The Balaban J connectivity index is 1.97. The number of rotatable bonds is 5. The molecule has 2 aromatic carbocycles. The van der Waals surface area contributed by atoms with Crippen molar-refractivity contribution in [1.82, 2.24) is 9.55 Å². The number of hydrogen-bond donors (Lipinski definition) is 0. The summed E-state index contributed by atoms with van der Waals surface area (Å²) in [6.45, 7) is 6.26. The number of allylic oxidation sites excluding steroid dienone is 1. The predicted octanol–water partition coefficient (Wildman–Crippen LogP) is 4.48. The summed E-state index contributed by atoms with van der Waals surface area (Å²) < 4.78 is 1.97. The minimum atomic E-state index is 0.564. The highest BCUT2D eigenvalue weighted by Crippen LogP contribution is 2.23. The van der Waals surface area contributed by atoms with Gasteiger partial charge in [0.1, 0.15) is 6.07 Å². The maximum atomic E-state index is 9.63. The lowest BCUT2D eigenvalue weighted by Crippen LogP contribution is -2.21. The van der Waals surface area contributed by atoms with Crippen molar-refractivity contribution in [3.63, 3.8) is 0 Å². The number of aromatic nitrogens is 2. The fourth-order valence-corrected chi connectivity index (χ4v) is 3.07. The smallest absolute Gasteiger partial charge is 0.151 e. The van der Waals surface area contributed by atoms with Gasteiger partial charge in [0.05, 0.1) is 16.6 Å². The molecule has 4 heteroatoms. The van der Waals surface area contributed by atoms with E-state index in [1.807, 2.05) is 54.1 Å². The number of nitriles is 1. The van der Waals surface area contributed by atoms with Crippen molar-refractivity contribution in [3.8, 4) is 6.07 Å². The number of anilines is 1. The minimum Gasteiger partial charge on any atom is -0.372 e. The Morgan fingerprint density at radius 2 is 1.80 bits per heavy atom. The summed E-state index contributed by atoms with van der Waals surface area (Å²) in [4.78, 5) is 6.91. The van der Waals surface area contributed by atoms with Gasteiger partial charge in [0.15, 0.2) is 5.82 Å². The molecular formula is C21H22N4. The van der Waals surface area contributed by atoms with E-state index in [-0.39, 0.29) is 0 Å². The Morgan fingerprint density at radius 1 is 1.12 bits per heavy atom. The molecule has 1 aromatic heterocycles. The van der Waals surface area contributed by atoms with Crippen LogP contribution < -0.4 is 4.90 Å². The number of imidazole rings is 1. The van der Waals surface area contributed by atoms with Gasteiger partial charge in [0, 0.05) is 25.8 Å². The van der Waals surface area contributed by atoms with E-state index < -0.39 is 0 Å². The molecule has 25 heavy (non-hydrogen) atoms. The van der Waals surface area contributed by atoms with Crippen LogP contribution in [0.25, 0.3) is 22.7 Å². The van der Waals surface area contributed by atoms with Crippen molar-refractivity contribution >= 4 is 28.4 Å². The molecule has 3 rings (SSSR count).